The summed E-state index contributed by atoms with van der Waals surface area (Å²) in [6.07, 6.45) is -5.73. The minimum atomic E-state index is -7.65. The van der Waals surface area contributed by atoms with Gasteiger partial charge in [-0.05, 0) is 12.2 Å². The van der Waals surface area contributed by atoms with Crippen molar-refractivity contribution in [2.75, 3.05) is 0 Å². The lowest BCUT2D eigenvalue weighted by Crippen LogP contribution is -2.66. The quantitative estimate of drug-likeness (QED) is 0.628. The SMILES string of the molecule is F/C(=C1/C=CC=N1)C(F)(F)C(F)(F)C(F)(F)C(F)(F)C(F)(F)F. The Hall–Kier alpha value is -1.69. The molecule has 132 valence electrons. The van der Waals surface area contributed by atoms with Crippen LogP contribution in [-0.4, -0.2) is 36.1 Å². The first kappa shape index (κ1) is 19.4. The molecule has 13 heteroatoms. The van der Waals surface area contributed by atoms with Crippen LogP contribution in [0.2, 0.25) is 0 Å². The van der Waals surface area contributed by atoms with Crippen molar-refractivity contribution in [2.45, 2.75) is 29.9 Å². The van der Waals surface area contributed by atoms with Crippen LogP contribution in [0.25, 0.3) is 0 Å². The minimum absolute atomic E-state index is 0.291. The number of allylic oxidation sites excluding steroid dienone is 3. The molecule has 1 rings (SSSR count). The van der Waals surface area contributed by atoms with Gasteiger partial charge in [-0.15, -0.1) is 0 Å². The molecule has 0 atom stereocenters. The van der Waals surface area contributed by atoms with Crippen LogP contribution in [-0.2, 0) is 0 Å². The Bertz CT molecular complexity index is 551. The van der Waals surface area contributed by atoms with E-state index in [2.05, 4.69) is 4.99 Å². The molecule has 0 aromatic carbocycles. The lowest BCUT2D eigenvalue weighted by atomic mass is 9.96. The predicted octanol–water partition coefficient (Wildman–Crippen LogP) is 4.91. The third kappa shape index (κ3) is 2.59. The summed E-state index contributed by atoms with van der Waals surface area (Å²) in [5, 5.41) is 0. The summed E-state index contributed by atoms with van der Waals surface area (Å²) < 4.78 is 152. The van der Waals surface area contributed by atoms with Crippen LogP contribution in [0.4, 0.5) is 52.7 Å². The molecule has 1 nitrogen and oxygen atoms in total. The zero-order chi connectivity index (χ0) is 18.5. The Morgan fingerprint density at radius 2 is 1.22 bits per heavy atom. The number of halogens is 12. The summed E-state index contributed by atoms with van der Waals surface area (Å²) in [7, 11) is 0. The van der Waals surface area contributed by atoms with Gasteiger partial charge >= 0.3 is 29.9 Å². The highest BCUT2D eigenvalue weighted by Gasteiger charge is 2.88. The topological polar surface area (TPSA) is 12.4 Å². The van der Waals surface area contributed by atoms with E-state index in [4.69, 9.17) is 0 Å². The maximum Gasteiger partial charge on any atom is 0.460 e. The second-order valence-electron chi connectivity index (χ2n) is 4.13. The number of hydrogen-bond acceptors (Lipinski definition) is 1. The molecule has 0 radical (unpaired) electrons. The lowest BCUT2D eigenvalue weighted by molar-refractivity contribution is -0.419. The molecular formula is C10H3F12N. The van der Waals surface area contributed by atoms with Crippen molar-refractivity contribution >= 4 is 6.21 Å². The molecule has 0 saturated carbocycles. The first-order chi connectivity index (χ1) is 10.0. The molecule has 0 fully saturated rings. The Morgan fingerprint density at radius 1 is 0.739 bits per heavy atom. The molecule has 0 aromatic heterocycles. The number of hydrogen-bond donors (Lipinski definition) is 0. The first-order valence-electron chi connectivity index (χ1n) is 5.20. The van der Waals surface area contributed by atoms with E-state index in [-0.39, 0.29) is 0 Å². The van der Waals surface area contributed by atoms with Gasteiger partial charge in [-0.1, -0.05) is 0 Å². The van der Waals surface area contributed by atoms with Gasteiger partial charge in [0.15, 0.2) is 0 Å². The fourth-order valence-corrected chi connectivity index (χ4v) is 1.30. The molecule has 23 heavy (non-hydrogen) atoms. The number of rotatable bonds is 4. The van der Waals surface area contributed by atoms with Crippen LogP contribution in [0.15, 0.2) is 28.7 Å². The molecule has 0 N–H and O–H groups in total. The molecule has 0 saturated heterocycles. The van der Waals surface area contributed by atoms with Crippen molar-refractivity contribution < 1.29 is 52.7 Å². The van der Waals surface area contributed by atoms with E-state index in [1.807, 2.05) is 0 Å². The van der Waals surface area contributed by atoms with Gasteiger partial charge in [0.25, 0.3) is 0 Å². The monoisotopic (exact) mass is 365 g/mol. The molecule has 0 bridgehead atoms. The average molecular weight is 365 g/mol. The largest absolute Gasteiger partial charge is 0.460 e. The second-order valence-corrected chi connectivity index (χ2v) is 4.13. The van der Waals surface area contributed by atoms with Crippen molar-refractivity contribution in [1.29, 1.82) is 0 Å². The van der Waals surface area contributed by atoms with E-state index in [9.17, 15) is 52.7 Å². The van der Waals surface area contributed by atoms with Gasteiger partial charge in [0.1, 0.15) is 5.70 Å². The zero-order valence-electron chi connectivity index (χ0n) is 10.2. The van der Waals surface area contributed by atoms with Crippen molar-refractivity contribution in [2.24, 2.45) is 4.99 Å². The van der Waals surface area contributed by atoms with Gasteiger partial charge in [0.05, 0.1) is 0 Å². The van der Waals surface area contributed by atoms with Crippen molar-refractivity contribution in [3.05, 3.63) is 23.7 Å². The van der Waals surface area contributed by atoms with E-state index < -0.39 is 41.4 Å². The molecule has 1 aliphatic rings. The van der Waals surface area contributed by atoms with Gasteiger partial charge < -0.3 is 0 Å². The number of aliphatic imine (C=N–C) groups is 1. The van der Waals surface area contributed by atoms with Gasteiger partial charge in [-0.3, -0.25) is 4.99 Å². The summed E-state index contributed by atoms with van der Waals surface area (Å²) in [5.74, 6) is -32.7. The van der Waals surface area contributed by atoms with Gasteiger partial charge in [0, 0.05) is 6.21 Å². The maximum absolute atomic E-state index is 13.2. The van der Waals surface area contributed by atoms with Crippen LogP contribution in [0.3, 0.4) is 0 Å². The van der Waals surface area contributed by atoms with Crippen molar-refractivity contribution in [3.8, 4) is 0 Å². The van der Waals surface area contributed by atoms with Gasteiger partial charge in [-0.25, -0.2) is 4.39 Å². The molecule has 0 spiro atoms. The summed E-state index contributed by atoms with van der Waals surface area (Å²) >= 11 is 0. The standard InChI is InChI=1S/C10H3F12N/c11-5(4-2-1-3-23-4)6(12,13)7(14,15)8(16,17)9(18,19)10(20,21)22/h1-3H/b5-4-. The summed E-state index contributed by atoms with van der Waals surface area (Å²) in [6, 6.07) is 0. The highest BCUT2D eigenvalue weighted by molar-refractivity contribution is 5.77. The van der Waals surface area contributed by atoms with E-state index in [0.29, 0.717) is 18.4 Å². The van der Waals surface area contributed by atoms with Gasteiger partial charge in [0.2, 0.25) is 5.83 Å². The average Bonchev–Trinajstić information content (AvgIpc) is 2.89. The summed E-state index contributed by atoms with van der Waals surface area (Å²) in [5.41, 5.74) is -1.62. The molecule has 1 aliphatic heterocycles. The lowest BCUT2D eigenvalue weighted by Gasteiger charge is -2.36. The van der Waals surface area contributed by atoms with Crippen LogP contribution in [0, 0.1) is 0 Å². The molecular weight excluding hydrogens is 362 g/mol. The molecule has 0 unspecified atom stereocenters. The second kappa shape index (κ2) is 5.16. The number of nitrogens with zero attached hydrogens (tertiary/aromatic N) is 1. The zero-order valence-corrected chi connectivity index (χ0v) is 10.2. The van der Waals surface area contributed by atoms with Crippen molar-refractivity contribution in [1.82, 2.24) is 0 Å². The Morgan fingerprint density at radius 3 is 1.57 bits per heavy atom. The fourth-order valence-electron chi connectivity index (χ4n) is 1.30. The smallest absolute Gasteiger partial charge is 0.254 e. The molecule has 0 amide bonds. The summed E-state index contributed by atoms with van der Waals surface area (Å²) in [6.45, 7) is 0. The van der Waals surface area contributed by atoms with E-state index >= 15 is 0 Å². The Balaban J connectivity index is 3.47. The van der Waals surface area contributed by atoms with Crippen LogP contribution >= 0.6 is 0 Å². The van der Waals surface area contributed by atoms with Crippen LogP contribution in [0.1, 0.15) is 0 Å². The van der Waals surface area contributed by atoms with E-state index in [0.717, 1.165) is 0 Å². The third-order valence-electron chi connectivity index (χ3n) is 2.59. The molecule has 1 heterocycles. The fraction of sp³-hybridized carbons (Fsp3) is 0.500. The highest BCUT2D eigenvalue weighted by atomic mass is 19.4. The van der Waals surface area contributed by atoms with Gasteiger partial charge in [-0.2, -0.15) is 48.3 Å². The van der Waals surface area contributed by atoms with Crippen molar-refractivity contribution in [3.63, 3.8) is 0 Å². The Kier molecular flexibility index (Phi) is 4.34. The first-order valence-corrected chi connectivity index (χ1v) is 5.20. The molecule has 0 aliphatic carbocycles. The van der Waals surface area contributed by atoms with E-state index in [1.54, 1.807) is 0 Å². The highest BCUT2D eigenvalue weighted by Crippen LogP contribution is 2.59. The van der Waals surface area contributed by atoms with Crippen LogP contribution < -0.4 is 0 Å². The van der Waals surface area contributed by atoms with Crippen LogP contribution in [0.5, 0.6) is 0 Å². The minimum Gasteiger partial charge on any atom is -0.254 e. The predicted molar refractivity (Wildman–Crippen MR) is 51.6 cm³/mol. The summed E-state index contributed by atoms with van der Waals surface area (Å²) in [4.78, 5) is 2.71. The normalized spacial score (nSPS) is 19.5. The Labute approximate surface area is 119 Å². The molecule has 0 aromatic rings. The third-order valence-corrected chi connectivity index (χ3v) is 2.59. The van der Waals surface area contributed by atoms with E-state index in [1.165, 1.54) is 0 Å². The maximum atomic E-state index is 13.2. The number of alkyl halides is 11.